The Kier molecular flexibility index (Phi) is 3.18. The molecule has 0 aliphatic rings. The van der Waals surface area contributed by atoms with Gasteiger partial charge in [0.05, 0.1) is 6.20 Å². The zero-order chi connectivity index (χ0) is 15.7. The molecule has 1 aromatic carbocycles. The first-order chi connectivity index (χ1) is 10.5. The lowest BCUT2D eigenvalue weighted by Gasteiger charge is -2.10. The van der Waals surface area contributed by atoms with Gasteiger partial charge >= 0.3 is 6.36 Å². The molecule has 0 atom stereocenters. The smallest absolute Gasteiger partial charge is 0.406 e. The molecule has 110 valence electrons. The number of benzene rings is 1. The molecule has 0 amide bonds. The van der Waals surface area contributed by atoms with Crippen molar-refractivity contribution in [2.75, 3.05) is 0 Å². The second kappa shape index (κ2) is 5.04. The monoisotopic (exact) mass is 304 g/mol. The van der Waals surface area contributed by atoms with Crippen LogP contribution in [0.5, 0.6) is 5.75 Å². The molecule has 0 fully saturated rings. The molecule has 0 saturated heterocycles. The Hall–Kier alpha value is -3.08. The Bertz CT molecular complexity index is 880. The Balaban J connectivity index is 2.01. The topological polar surface area (TPSA) is 63.2 Å². The predicted octanol–water partition coefficient (Wildman–Crippen LogP) is 3.17. The minimum atomic E-state index is -4.75. The van der Waals surface area contributed by atoms with E-state index < -0.39 is 6.36 Å². The van der Waals surface area contributed by atoms with Crippen molar-refractivity contribution in [1.82, 2.24) is 14.6 Å². The minimum Gasteiger partial charge on any atom is -0.406 e. The summed E-state index contributed by atoms with van der Waals surface area (Å²) >= 11 is 0. The van der Waals surface area contributed by atoms with E-state index in [2.05, 4.69) is 14.8 Å². The maximum absolute atomic E-state index is 12.2. The van der Waals surface area contributed by atoms with Gasteiger partial charge in [0.1, 0.15) is 17.4 Å². The summed E-state index contributed by atoms with van der Waals surface area (Å²) in [6.07, 6.45) is -0.333. The van der Waals surface area contributed by atoms with Gasteiger partial charge in [-0.2, -0.15) is 10.4 Å². The average molecular weight is 304 g/mol. The van der Waals surface area contributed by atoms with Crippen LogP contribution >= 0.6 is 0 Å². The normalized spacial score (nSPS) is 11.4. The number of hydrogen-bond donors (Lipinski definition) is 0. The molecular weight excluding hydrogens is 297 g/mol. The van der Waals surface area contributed by atoms with Crippen molar-refractivity contribution in [2.24, 2.45) is 0 Å². The Morgan fingerprint density at radius 1 is 1.18 bits per heavy atom. The van der Waals surface area contributed by atoms with E-state index in [4.69, 9.17) is 5.26 Å². The standard InChI is InChI=1S/C14H7F3N4O/c15-14(16,17)22-12-3-1-2-9(4-12)11-6-19-13-10(5-18)7-20-21(13)8-11/h1-4,6-8H. The van der Waals surface area contributed by atoms with Gasteiger partial charge < -0.3 is 4.74 Å². The second-order valence-corrected chi connectivity index (χ2v) is 4.36. The lowest BCUT2D eigenvalue weighted by atomic mass is 10.1. The molecule has 2 aromatic heterocycles. The number of nitrogens with zero attached hydrogens (tertiary/aromatic N) is 4. The van der Waals surface area contributed by atoms with E-state index >= 15 is 0 Å². The molecule has 0 saturated carbocycles. The first-order valence-corrected chi connectivity index (χ1v) is 6.06. The number of rotatable bonds is 2. The van der Waals surface area contributed by atoms with Crippen molar-refractivity contribution < 1.29 is 17.9 Å². The second-order valence-electron chi connectivity index (χ2n) is 4.36. The molecule has 3 aromatic rings. The number of ether oxygens (including phenoxy) is 1. The fourth-order valence-electron chi connectivity index (χ4n) is 1.98. The van der Waals surface area contributed by atoms with E-state index in [0.29, 0.717) is 22.3 Å². The highest BCUT2D eigenvalue weighted by molar-refractivity contribution is 5.65. The van der Waals surface area contributed by atoms with Gasteiger partial charge in [0.15, 0.2) is 5.65 Å². The van der Waals surface area contributed by atoms with Gasteiger partial charge in [-0.3, -0.25) is 0 Å². The molecule has 0 unspecified atom stereocenters. The van der Waals surface area contributed by atoms with Gasteiger partial charge in [-0.05, 0) is 17.7 Å². The van der Waals surface area contributed by atoms with Crippen molar-refractivity contribution in [3.05, 3.63) is 48.4 Å². The van der Waals surface area contributed by atoms with Crippen LogP contribution in [-0.4, -0.2) is 21.0 Å². The number of aromatic nitrogens is 3. The zero-order valence-corrected chi connectivity index (χ0v) is 10.9. The van der Waals surface area contributed by atoms with Gasteiger partial charge in [0, 0.05) is 18.0 Å². The van der Waals surface area contributed by atoms with Crippen molar-refractivity contribution >= 4 is 5.65 Å². The van der Waals surface area contributed by atoms with Gasteiger partial charge in [0.25, 0.3) is 0 Å². The Morgan fingerprint density at radius 3 is 2.73 bits per heavy atom. The Morgan fingerprint density at radius 2 is 2.00 bits per heavy atom. The van der Waals surface area contributed by atoms with Crippen LogP contribution in [-0.2, 0) is 0 Å². The number of hydrogen-bond acceptors (Lipinski definition) is 4. The zero-order valence-electron chi connectivity index (χ0n) is 10.9. The SMILES string of the molecule is N#Cc1cnn2cc(-c3cccc(OC(F)(F)F)c3)cnc12. The molecule has 22 heavy (non-hydrogen) atoms. The number of fused-ring (bicyclic) bond motifs is 1. The van der Waals surface area contributed by atoms with Gasteiger partial charge in [0.2, 0.25) is 0 Å². The molecule has 5 nitrogen and oxygen atoms in total. The van der Waals surface area contributed by atoms with E-state index in [-0.39, 0.29) is 5.75 Å². The molecule has 0 N–H and O–H groups in total. The summed E-state index contributed by atoms with van der Waals surface area (Å²) < 4.78 is 42.0. The van der Waals surface area contributed by atoms with E-state index in [1.54, 1.807) is 12.3 Å². The molecule has 8 heteroatoms. The maximum atomic E-state index is 12.2. The fourth-order valence-corrected chi connectivity index (χ4v) is 1.98. The number of halogens is 3. The van der Waals surface area contributed by atoms with Crippen LogP contribution < -0.4 is 4.74 Å². The third-order valence-electron chi connectivity index (χ3n) is 2.88. The first kappa shape index (κ1) is 13.9. The van der Waals surface area contributed by atoms with Gasteiger partial charge in [-0.1, -0.05) is 12.1 Å². The van der Waals surface area contributed by atoms with Crippen molar-refractivity contribution in [2.45, 2.75) is 6.36 Å². The lowest BCUT2D eigenvalue weighted by Crippen LogP contribution is -2.17. The highest BCUT2D eigenvalue weighted by Gasteiger charge is 2.31. The molecule has 0 aliphatic heterocycles. The Labute approximate surface area is 122 Å². The minimum absolute atomic E-state index is 0.316. The first-order valence-electron chi connectivity index (χ1n) is 6.06. The summed E-state index contributed by atoms with van der Waals surface area (Å²) in [5.74, 6) is -0.316. The van der Waals surface area contributed by atoms with E-state index in [9.17, 15) is 13.2 Å². The van der Waals surface area contributed by atoms with E-state index in [0.717, 1.165) is 0 Å². The van der Waals surface area contributed by atoms with Crippen LogP contribution in [0.3, 0.4) is 0 Å². The number of nitriles is 1. The highest BCUT2D eigenvalue weighted by Crippen LogP contribution is 2.27. The summed E-state index contributed by atoms with van der Waals surface area (Å²) in [6.45, 7) is 0. The highest BCUT2D eigenvalue weighted by atomic mass is 19.4. The third-order valence-corrected chi connectivity index (χ3v) is 2.88. The van der Waals surface area contributed by atoms with Crippen molar-refractivity contribution in [3.63, 3.8) is 0 Å². The summed E-state index contributed by atoms with van der Waals surface area (Å²) in [4.78, 5) is 4.11. The van der Waals surface area contributed by atoms with E-state index in [1.807, 2.05) is 6.07 Å². The summed E-state index contributed by atoms with van der Waals surface area (Å²) in [6, 6.07) is 7.50. The van der Waals surface area contributed by atoms with Crippen molar-refractivity contribution in [1.29, 1.82) is 5.26 Å². The summed E-state index contributed by atoms with van der Waals surface area (Å²) in [5.41, 5.74) is 1.74. The molecule has 0 bridgehead atoms. The summed E-state index contributed by atoms with van der Waals surface area (Å²) in [7, 11) is 0. The van der Waals surface area contributed by atoms with Crippen LogP contribution in [0, 0.1) is 11.3 Å². The van der Waals surface area contributed by atoms with Gasteiger partial charge in [-0.25, -0.2) is 9.50 Å². The summed E-state index contributed by atoms with van der Waals surface area (Å²) in [5, 5.41) is 12.9. The van der Waals surface area contributed by atoms with Crippen LogP contribution in [0.2, 0.25) is 0 Å². The lowest BCUT2D eigenvalue weighted by molar-refractivity contribution is -0.274. The largest absolute Gasteiger partial charge is 0.573 e. The van der Waals surface area contributed by atoms with Crippen LogP contribution in [0.15, 0.2) is 42.9 Å². The van der Waals surface area contributed by atoms with E-state index in [1.165, 1.54) is 35.1 Å². The molecule has 0 radical (unpaired) electrons. The third kappa shape index (κ3) is 2.69. The van der Waals surface area contributed by atoms with Crippen molar-refractivity contribution in [3.8, 4) is 22.9 Å². The van der Waals surface area contributed by atoms with Crippen LogP contribution in [0.25, 0.3) is 16.8 Å². The molecule has 2 heterocycles. The molecule has 0 aliphatic carbocycles. The van der Waals surface area contributed by atoms with Crippen LogP contribution in [0.4, 0.5) is 13.2 Å². The van der Waals surface area contributed by atoms with Crippen LogP contribution in [0.1, 0.15) is 5.56 Å². The molecule has 3 rings (SSSR count). The number of alkyl halides is 3. The molecule has 0 spiro atoms. The maximum Gasteiger partial charge on any atom is 0.573 e. The quantitative estimate of drug-likeness (QED) is 0.729. The van der Waals surface area contributed by atoms with Gasteiger partial charge in [-0.15, -0.1) is 13.2 Å². The predicted molar refractivity (Wildman–Crippen MR) is 69.8 cm³/mol. The fraction of sp³-hybridized carbons (Fsp3) is 0.0714. The molecular formula is C14H7F3N4O. The average Bonchev–Trinajstić information content (AvgIpc) is 2.88.